The van der Waals surface area contributed by atoms with Crippen LogP contribution in [-0.2, 0) is 19.1 Å². The van der Waals surface area contributed by atoms with Gasteiger partial charge in [0, 0.05) is 30.2 Å². The number of allylic oxidation sites excluding steroid dienone is 2. The monoisotopic (exact) mass is 554 g/mol. The molecule has 0 aromatic carbocycles. The number of carbonyl (C=O) groups is 3. The van der Waals surface area contributed by atoms with Crippen molar-refractivity contribution >= 4 is 17.7 Å². The molecule has 4 saturated carbocycles. The van der Waals surface area contributed by atoms with Crippen molar-refractivity contribution in [2.45, 2.75) is 119 Å². The van der Waals surface area contributed by atoms with E-state index in [1.165, 1.54) is 18.9 Å². The number of ether oxygens (including phenoxy) is 1. The predicted molar refractivity (Wildman–Crippen MR) is 157 cm³/mol. The molecular weight excluding hydrogens is 500 g/mol. The molecule has 0 bridgehead atoms. The van der Waals surface area contributed by atoms with Crippen molar-refractivity contribution in [3.63, 3.8) is 0 Å². The Hall–Kier alpha value is -1.69. The van der Waals surface area contributed by atoms with Crippen molar-refractivity contribution in [2.75, 3.05) is 13.1 Å². The molecule has 0 aromatic rings. The third kappa shape index (κ3) is 4.41. The van der Waals surface area contributed by atoms with Crippen LogP contribution in [-0.4, -0.2) is 36.9 Å². The average Bonchev–Trinajstić information content (AvgIpc) is 2.86. The lowest BCUT2D eigenvalue weighted by atomic mass is 9.37. The van der Waals surface area contributed by atoms with E-state index in [4.69, 9.17) is 10.5 Å². The molecule has 3 N–H and O–H groups in total. The first kappa shape index (κ1) is 29.8. The SMILES string of the molecule is CC(=O)O[C@H]1CC[C@]2(C)[C@H]3C(=O)C=C4C(CC[C@@]5(C)CC[C@](C)(C(=O)NCCCN)C[C@@H]45)[C@]3(C)CC[C@H]2C1(C)C. The van der Waals surface area contributed by atoms with Gasteiger partial charge in [0.25, 0.3) is 0 Å². The number of amides is 1. The minimum Gasteiger partial charge on any atom is -0.462 e. The molecule has 5 aliphatic rings. The second-order valence-electron chi connectivity index (χ2n) is 16.0. The van der Waals surface area contributed by atoms with E-state index in [1.807, 2.05) is 0 Å². The molecule has 0 saturated heterocycles. The Balaban J connectivity index is 1.47. The zero-order valence-corrected chi connectivity index (χ0v) is 26.2. The van der Waals surface area contributed by atoms with Crippen LogP contribution in [0.5, 0.6) is 0 Å². The summed E-state index contributed by atoms with van der Waals surface area (Å²) in [5.41, 5.74) is 6.40. The molecule has 0 aromatic heterocycles. The molecule has 6 nitrogen and oxygen atoms in total. The Labute approximate surface area is 242 Å². The first-order chi connectivity index (χ1) is 18.6. The van der Waals surface area contributed by atoms with E-state index in [1.54, 1.807) is 0 Å². The number of esters is 1. The van der Waals surface area contributed by atoms with E-state index in [0.29, 0.717) is 30.7 Å². The highest BCUT2D eigenvalue weighted by molar-refractivity contribution is 5.95. The van der Waals surface area contributed by atoms with Crippen molar-refractivity contribution in [1.82, 2.24) is 5.32 Å². The van der Waals surface area contributed by atoms with Gasteiger partial charge in [-0.05, 0) is 111 Å². The molecular formula is C34H54N2O4. The second kappa shape index (κ2) is 9.95. The zero-order chi connectivity index (χ0) is 29.3. The highest BCUT2D eigenvalue weighted by Crippen LogP contribution is 2.71. The molecule has 9 atom stereocenters. The molecule has 0 heterocycles. The predicted octanol–water partition coefficient (Wildman–Crippen LogP) is 5.97. The van der Waals surface area contributed by atoms with Crippen LogP contribution in [0, 0.1) is 50.7 Å². The van der Waals surface area contributed by atoms with Crippen LogP contribution < -0.4 is 11.1 Å². The van der Waals surface area contributed by atoms with E-state index >= 15 is 0 Å². The van der Waals surface area contributed by atoms with Crippen LogP contribution in [0.15, 0.2) is 11.6 Å². The number of hydrogen-bond acceptors (Lipinski definition) is 5. The van der Waals surface area contributed by atoms with E-state index in [9.17, 15) is 14.4 Å². The van der Waals surface area contributed by atoms with Gasteiger partial charge in [0.15, 0.2) is 5.78 Å². The van der Waals surface area contributed by atoms with Crippen LogP contribution in [0.2, 0.25) is 0 Å². The third-order valence-electron chi connectivity index (χ3n) is 13.2. The molecule has 0 spiro atoms. The molecule has 0 aliphatic heterocycles. The van der Waals surface area contributed by atoms with Gasteiger partial charge in [-0.2, -0.15) is 0 Å². The Morgan fingerprint density at radius 2 is 1.65 bits per heavy atom. The van der Waals surface area contributed by atoms with E-state index < -0.39 is 5.41 Å². The van der Waals surface area contributed by atoms with Gasteiger partial charge >= 0.3 is 5.97 Å². The molecule has 40 heavy (non-hydrogen) atoms. The van der Waals surface area contributed by atoms with Crippen LogP contribution in [0.4, 0.5) is 0 Å². The van der Waals surface area contributed by atoms with Gasteiger partial charge in [0.2, 0.25) is 5.91 Å². The second-order valence-corrected chi connectivity index (χ2v) is 16.0. The minimum absolute atomic E-state index is 0.0102. The van der Waals surface area contributed by atoms with Crippen LogP contribution in [0.25, 0.3) is 0 Å². The van der Waals surface area contributed by atoms with Gasteiger partial charge in [-0.25, -0.2) is 0 Å². The molecule has 4 fully saturated rings. The topological polar surface area (TPSA) is 98.5 Å². The lowest BCUT2D eigenvalue weighted by Crippen LogP contribution is -2.64. The summed E-state index contributed by atoms with van der Waals surface area (Å²) in [6.07, 6.45) is 11.7. The molecule has 0 radical (unpaired) electrons. The highest BCUT2D eigenvalue weighted by Gasteiger charge is 2.67. The van der Waals surface area contributed by atoms with Gasteiger partial charge in [-0.15, -0.1) is 0 Å². The maximum Gasteiger partial charge on any atom is 0.302 e. The third-order valence-corrected chi connectivity index (χ3v) is 13.2. The van der Waals surface area contributed by atoms with Gasteiger partial charge in [-0.1, -0.05) is 47.1 Å². The Bertz CT molecular complexity index is 1100. The van der Waals surface area contributed by atoms with Gasteiger partial charge in [0.1, 0.15) is 6.10 Å². The van der Waals surface area contributed by atoms with Crippen molar-refractivity contribution in [3.05, 3.63) is 11.6 Å². The van der Waals surface area contributed by atoms with Gasteiger partial charge in [-0.3, -0.25) is 14.4 Å². The van der Waals surface area contributed by atoms with Crippen molar-refractivity contribution in [1.29, 1.82) is 0 Å². The number of rotatable bonds is 5. The van der Waals surface area contributed by atoms with Crippen molar-refractivity contribution in [3.8, 4) is 0 Å². The number of nitrogens with two attached hydrogens (primary N) is 1. The Morgan fingerprint density at radius 1 is 0.950 bits per heavy atom. The van der Waals surface area contributed by atoms with Crippen LogP contribution in [0.3, 0.4) is 0 Å². The Morgan fingerprint density at radius 3 is 2.33 bits per heavy atom. The number of ketones is 1. The largest absolute Gasteiger partial charge is 0.462 e. The van der Waals surface area contributed by atoms with Crippen molar-refractivity contribution in [2.24, 2.45) is 56.5 Å². The molecule has 224 valence electrons. The Kier molecular flexibility index (Phi) is 7.41. The first-order valence-electron chi connectivity index (χ1n) is 16.0. The maximum atomic E-state index is 14.4. The van der Waals surface area contributed by atoms with Crippen LogP contribution in [0.1, 0.15) is 113 Å². The fourth-order valence-corrected chi connectivity index (χ4v) is 11.0. The fourth-order valence-electron chi connectivity index (χ4n) is 11.0. The zero-order valence-electron chi connectivity index (χ0n) is 26.2. The normalized spacial score (nSPS) is 45.6. The number of carbonyl (C=O) groups excluding carboxylic acids is 3. The standard InChI is InChI=1S/C34H54N2O4/c1-21(37)40-27-11-14-34(7)26(30(27,2)3)10-13-33(6)23-9-12-31(4)15-16-32(5,29(39)36-18-8-17-35)20-24(31)22(23)19-25(38)28(33)34/h19,23-24,26-28H,8-18,20,35H2,1-7H3,(H,36,39)/t23?,24-,26-,27-,28-,31-,32-,33-,34-/m0/s1. The van der Waals surface area contributed by atoms with Crippen LogP contribution >= 0.6 is 0 Å². The first-order valence-corrected chi connectivity index (χ1v) is 16.0. The summed E-state index contributed by atoms with van der Waals surface area (Å²) in [4.78, 5) is 39.7. The maximum absolute atomic E-state index is 14.4. The number of fused-ring (bicyclic) bond motifs is 7. The number of hydrogen-bond donors (Lipinski definition) is 2. The lowest BCUT2D eigenvalue weighted by molar-refractivity contribution is -0.200. The molecule has 1 unspecified atom stereocenters. The van der Waals surface area contributed by atoms with E-state index in [2.05, 4.69) is 52.9 Å². The van der Waals surface area contributed by atoms with Crippen molar-refractivity contribution < 1.29 is 19.1 Å². The summed E-state index contributed by atoms with van der Waals surface area (Å²) in [6, 6.07) is 0. The van der Waals surface area contributed by atoms with E-state index in [0.717, 1.165) is 57.8 Å². The molecule has 1 amide bonds. The van der Waals surface area contributed by atoms with Gasteiger partial charge in [0.05, 0.1) is 0 Å². The molecule has 5 aliphatic carbocycles. The smallest absolute Gasteiger partial charge is 0.302 e. The van der Waals surface area contributed by atoms with Gasteiger partial charge < -0.3 is 15.8 Å². The molecule has 5 rings (SSSR count). The summed E-state index contributed by atoms with van der Waals surface area (Å²) in [5, 5.41) is 3.16. The number of nitrogens with one attached hydrogen (secondary N) is 1. The summed E-state index contributed by atoms with van der Waals surface area (Å²) in [6.45, 7) is 16.6. The summed E-state index contributed by atoms with van der Waals surface area (Å²) in [7, 11) is 0. The summed E-state index contributed by atoms with van der Waals surface area (Å²) >= 11 is 0. The molecule has 6 heteroatoms. The lowest BCUT2D eigenvalue weighted by Gasteiger charge is -2.67. The highest BCUT2D eigenvalue weighted by atomic mass is 16.5. The fraction of sp³-hybridized carbons (Fsp3) is 0.853. The summed E-state index contributed by atoms with van der Waals surface area (Å²) < 4.78 is 5.84. The minimum atomic E-state index is -0.412. The average molecular weight is 555 g/mol. The quantitative estimate of drug-likeness (QED) is 0.322. The van der Waals surface area contributed by atoms with E-state index in [-0.39, 0.29) is 51.5 Å². The summed E-state index contributed by atoms with van der Waals surface area (Å²) in [5.74, 6) is 1.24.